The molecule has 0 spiro atoms. The monoisotopic (exact) mass is 274 g/mol. The standard InChI is InChI=1S/C15H14O3S/c16-19(17)8-7-18-13-5-6-15-12(10-13)9-11-3-1-2-4-14(11)15/h1-6,10,19H,7-9H2. The van der Waals surface area contributed by atoms with Crippen LogP contribution in [0.4, 0.5) is 0 Å². The van der Waals surface area contributed by atoms with Crippen molar-refractivity contribution in [1.82, 2.24) is 0 Å². The third-order valence-electron chi connectivity index (χ3n) is 3.31. The van der Waals surface area contributed by atoms with Gasteiger partial charge in [0, 0.05) is 0 Å². The van der Waals surface area contributed by atoms with Crippen LogP contribution < -0.4 is 4.74 Å². The minimum atomic E-state index is -2.36. The lowest BCUT2D eigenvalue weighted by Gasteiger charge is -2.06. The molecule has 3 nitrogen and oxygen atoms in total. The van der Waals surface area contributed by atoms with Gasteiger partial charge < -0.3 is 4.74 Å². The van der Waals surface area contributed by atoms with Gasteiger partial charge in [-0.2, -0.15) is 0 Å². The number of rotatable bonds is 4. The Morgan fingerprint density at radius 2 is 1.79 bits per heavy atom. The molecule has 0 radical (unpaired) electrons. The summed E-state index contributed by atoms with van der Waals surface area (Å²) in [6.07, 6.45) is 0.915. The van der Waals surface area contributed by atoms with E-state index in [0.717, 1.165) is 12.2 Å². The Morgan fingerprint density at radius 1 is 1.00 bits per heavy atom. The fourth-order valence-corrected chi connectivity index (χ4v) is 2.69. The van der Waals surface area contributed by atoms with Crippen molar-refractivity contribution in [1.29, 1.82) is 0 Å². The molecule has 0 unspecified atom stereocenters. The summed E-state index contributed by atoms with van der Waals surface area (Å²) in [5.74, 6) is 0.801. The highest BCUT2D eigenvalue weighted by Crippen LogP contribution is 2.37. The normalized spacial score (nSPS) is 12.3. The molecule has 2 aromatic carbocycles. The van der Waals surface area contributed by atoms with Crippen LogP contribution in [0.25, 0.3) is 11.1 Å². The quantitative estimate of drug-likeness (QED) is 0.742. The fraction of sp³-hybridized carbons (Fsp3) is 0.200. The summed E-state index contributed by atoms with van der Waals surface area (Å²) >= 11 is 0. The highest BCUT2D eigenvalue weighted by Gasteiger charge is 2.17. The molecular formula is C15H14O3S. The molecule has 98 valence electrons. The van der Waals surface area contributed by atoms with E-state index in [0.29, 0.717) is 0 Å². The zero-order valence-electron chi connectivity index (χ0n) is 10.3. The Labute approximate surface area is 113 Å². The maximum atomic E-state index is 10.5. The van der Waals surface area contributed by atoms with Crippen LogP contribution in [0.15, 0.2) is 42.5 Å². The molecule has 4 heteroatoms. The van der Waals surface area contributed by atoms with Crippen LogP contribution in [-0.4, -0.2) is 20.8 Å². The van der Waals surface area contributed by atoms with Crippen LogP contribution in [0, 0.1) is 0 Å². The van der Waals surface area contributed by atoms with Gasteiger partial charge in [-0.3, -0.25) is 0 Å². The average Bonchev–Trinajstić information content (AvgIpc) is 2.76. The van der Waals surface area contributed by atoms with E-state index < -0.39 is 10.7 Å². The van der Waals surface area contributed by atoms with Gasteiger partial charge in [-0.25, -0.2) is 8.42 Å². The van der Waals surface area contributed by atoms with Crippen LogP contribution in [0.3, 0.4) is 0 Å². The first-order chi connectivity index (χ1) is 9.24. The number of ether oxygens (including phenoxy) is 1. The second kappa shape index (κ2) is 5.05. The minimum absolute atomic E-state index is 0.0621. The molecule has 1 aliphatic carbocycles. The average molecular weight is 274 g/mol. The highest BCUT2D eigenvalue weighted by atomic mass is 32.2. The van der Waals surface area contributed by atoms with Crippen LogP contribution >= 0.6 is 0 Å². The third kappa shape index (κ3) is 2.49. The molecule has 19 heavy (non-hydrogen) atoms. The lowest BCUT2D eigenvalue weighted by atomic mass is 10.1. The molecule has 0 saturated heterocycles. The third-order valence-corrected chi connectivity index (χ3v) is 3.86. The van der Waals surface area contributed by atoms with Crippen molar-refractivity contribution in [3.05, 3.63) is 53.6 Å². The number of thiol groups is 1. The zero-order valence-corrected chi connectivity index (χ0v) is 11.2. The van der Waals surface area contributed by atoms with Gasteiger partial charge in [-0.15, -0.1) is 0 Å². The fourth-order valence-electron chi connectivity index (χ4n) is 2.45. The van der Waals surface area contributed by atoms with Crippen molar-refractivity contribution in [2.75, 3.05) is 12.4 Å². The Hall–Kier alpha value is -1.81. The zero-order chi connectivity index (χ0) is 13.2. The van der Waals surface area contributed by atoms with Gasteiger partial charge in [0.15, 0.2) is 0 Å². The summed E-state index contributed by atoms with van der Waals surface area (Å²) in [6, 6.07) is 14.3. The Kier molecular flexibility index (Phi) is 3.25. The van der Waals surface area contributed by atoms with Gasteiger partial charge in [0.25, 0.3) is 0 Å². The van der Waals surface area contributed by atoms with Crippen molar-refractivity contribution < 1.29 is 13.2 Å². The molecule has 0 amide bonds. The largest absolute Gasteiger partial charge is 0.493 e. The molecule has 0 aliphatic heterocycles. The van der Waals surface area contributed by atoms with E-state index in [-0.39, 0.29) is 12.4 Å². The van der Waals surface area contributed by atoms with Gasteiger partial charge in [-0.05, 0) is 40.8 Å². The van der Waals surface area contributed by atoms with Gasteiger partial charge in [-0.1, -0.05) is 30.3 Å². The second-order valence-corrected chi connectivity index (χ2v) is 5.67. The molecule has 0 heterocycles. The summed E-state index contributed by atoms with van der Waals surface area (Å²) in [7, 11) is -2.36. The van der Waals surface area contributed by atoms with Crippen molar-refractivity contribution in [3.63, 3.8) is 0 Å². The molecular weight excluding hydrogens is 260 g/mol. The summed E-state index contributed by atoms with van der Waals surface area (Å²) < 4.78 is 26.4. The lowest BCUT2D eigenvalue weighted by molar-refractivity contribution is 0.341. The first-order valence-corrected chi connectivity index (χ1v) is 7.56. The van der Waals surface area contributed by atoms with E-state index in [2.05, 4.69) is 12.1 Å². The molecule has 0 fully saturated rings. The molecule has 0 saturated carbocycles. The van der Waals surface area contributed by atoms with Crippen molar-refractivity contribution >= 4 is 10.7 Å². The highest BCUT2D eigenvalue weighted by molar-refractivity contribution is 7.72. The number of hydrogen-bond donors (Lipinski definition) is 1. The van der Waals surface area contributed by atoms with Crippen LogP contribution in [0.2, 0.25) is 0 Å². The Balaban J connectivity index is 1.81. The maximum absolute atomic E-state index is 10.5. The van der Waals surface area contributed by atoms with E-state index >= 15 is 0 Å². The molecule has 3 rings (SSSR count). The SMILES string of the molecule is O=[SH](=O)CCOc1ccc2c(c1)Cc1ccccc1-2. The molecule has 0 N–H and O–H groups in total. The van der Waals surface area contributed by atoms with E-state index in [1.807, 2.05) is 30.3 Å². The Morgan fingerprint density at radius 3 is 2.63 bits per heavy atom. The summed E-state index contributed by atoms with van der Waals surface area (Å²) in [6.45, 7) is 0.213. The molecule has 1 aliphatic rings. The predicted octanol–water partition coefficient (Wildman–Crippen LogP) is 2.25. The van der Waals surface area contributed by atoms with Crippen molar-refractivity contribution in [2.45, 2.75) is 6.42 Å². The first-order valence-electron chi connectivity index (χ1n) is 6.20. The van der Waals surface area contributed by atoms with Crippen molar-refractivity contribution in [2.24, 2.45) is 0 Å². The Bertz CT molecular complexity index is 682. The predicted molar refractivity (Wildman–Crippen MR) is 75.4 cm³/mol. The maximum Gasteiger partial charge on any atom is 0.143 e. The summed E-state index contributed by atoms with van der Waals surface area (Å²) in [5, 5.41) is 0. The smallest absolute Gasteiger partial charge is 0.143 e. The molecule has 0 bridgehead atoms. The van der Waals surface area contributed by atoms with E-state index in [4.69, 9.17) is 4.74 Å². The summed E-state index contributed by atoms with van der Waals surface area (Å²) in [5.41, 5.74) is 5.10. The molecule has 2 aromatic rings. The lowest BCUT2D eigenvalue weighted by Crippen LogP contribution is -2.04. The number of fused-ring (bicyclic) bond motifs is 3. The van der Waals surface area contributed by atoms with Crippen molar-refractivity contribution in [3.8, 4) is 16.9 Å². The topological polar surface area (TPSA) is 43.4 Å². The van der Waals surface area contributed by atoms with Crippen LogP contribution in [0.5, 0.6) is 5.75 Å². The van der Waals surface area contributed by atoms with Gasteiger partial charge in [0.2, 0.25) is 0 Å². The number of benzene rings is 2. The summed E-state index contributed by atoms with van der Waals surface area (Å²) in [4.78, 5) is 0. The van der Waals surface area contributed by atoms with E-state index in [9.17, 15) is 8.42 Å². The van der Waals surface area contributed by atoms with E-state index in [1.165, 1.54) is 22.3 Å². The molecule has 0 aromatic heterocycles. The van der Waals surface area contributed by atoms with Gasteiger partial charge in [0.05, 0.1) is 5.75 Å². The van der Waals surface area contributed by atoms with Gasteiger partial charge >= 0.3 is 0 Å². The van der Waals surface area contributed by atoms with Crippen LogP contribution in [-0.2, 0) is 17.1 Å². The first kappa shape index (κ1) is 12.2. The minimum Gasteiger partial charge on any atom is -0.493 e. The second-order valence-electron chi connectivity index (χ2n) is 4.56. The number of hydrogen-bond acceptors (Lipinski definition) is 3. The van der Waals surface area contributed by atoms with E-state index in [1.54, 1.807) is 0 Å². The van der Waals surface area contributed by atoms with Crippen LogP contribution in [0.1, 0.15) is 11.1 Å². The van der Waals surface area contributed by atoms with Gasteiger partial charge in [0.1, 0.15) is 23.1 Å². The molecule has 0 atom stereocenters.